The summed E-state index contributed by atoms with van der Waals surface area (Å²) in [5.74, 6) is 4.76. The Morgan fingerprint density at radius 3 is 2.21 bits per heavy atom. The van der Waals surface area contributed by atoms with E-state index in [1.54, 1.807) is 0 Å². The zero-order valence-corrected chi connectivity index (χ0v) is 19.9. The second-order valence-corrected chi connectivity index (χ2v) is 13.1. The molecule has 7 unspecified atom stereocenters. The highest BCUT2D eigenvalue weighted by Gasteiger charge is 2.65. The Labute approximate surface area is 174 Å². The zero-order chi connectivity index (χ0) is 20.5. The van der Waals surface area contributed by atoms with Gasteiger partial charge in [0, 0.05) is 11.8 Å². The van der Waals surface area contributed by atoms with Crippen molar-refractivity contribution in [2.45, 2.75) is 113 Å². The maximum Gasteiger partial charge on any atom is 0.138 e. The Kier molecular flexibility index (Phi) is 4.92. The van der Waals surface area contributed by atoms with Gasteiger partial charge in [0.2, 0.25) is 0 Å². The first-order valence-electron chi connectivity index (χ1n) is 12.5. The van der Waals surface area contributed by atoms with Crippen molar-refractivity contribution in [1.29, 1.82) is 0 Å². The van der Waals surface area contributed by atoms with Crippen LogP contribution in [0.5, 0.6) is 0 Å². The molecule has 0 radical (unpaired) electrons. The Morgan fingerprint density at radius 1 is 0.821 bits per heavy atom. The van der Waals surface area contributed by atoms with E-state index in [9.17, 15) is 4.79 Å². The van der Waals surface area contributed by atoms with Gasteiger partial charge >= 0.3 is 0 Å². The third-order valence-electron chi connectivity index (χ3n) is 11.2. The molecule has 0 saturated heterocycles. The average molecular weight is 387 g/mol. The highest BCUT2D eigenvalue weighted by atomic mass is 16.1. The van der Waals surface area contributed by atoms with Crippen molar-refractivity contribution in [1.82, 2.24) is 0 Å². The largest absolute Gasteiger partial charge is 0.299 e. The highest BCUT2D eigenvalue weighted by Crippen LogP contribution is 2.71. The topological polar surface area (TPSA) is 17.1 Å². The van der Waals surface area contributed by atoms with Crippen LogP contribution in [0.2, 0.25) is 0 Å². The Morgan fingerprint density at radius 2 is 1.54 bits per heavy atom. The molecule has 4 saturated carbocycles. The molecule has 0 amide bonds. The molecule has 4 aliphatic carbocycles. The van der Waals surface area contributed by atoms with Gasteiger partial charge in [0.15, 0.2) is 0 Å². The van der Waals surface area contributed by atoms with Gasteiger partial charge in [-0.25, -0.2) is 0 Å². The van der Waals surface area contributed by atoms with Crippen LogP contribution in [0, 0.1) is 51.2 Å². The lowest BCUT2D eigenvalue weighted by atomic mass is 9.36. The third-order valence-corrected chi connectivity index (χ3v) is 11.2. The number of ketones is 1. The molecule has 0 heterocycles. The van der Waals surface area contributed by atoms with E-state index in [4.69, 9.17) is 0 Å². The zero-order valence-electron chi connectivity index (χ0n) is 19.9. The summed E-state index contributed by atoms with van der Waals surface area (Å²) < 4.78 is 0. The molecule has 160 valence electrons. The van der Waals surface area contributed by atoms with Crippen LogP contribution in [-0.2, 0) is 4.79 Å². The van der Waals surface area contributed by atoms with Crippen LogP contribution in [-0.4, -0.2) is 5.78 Å². The van der Waals surface area contributed by atoms with Crippen LogP contribution in [0.25, 0.3) is 0 Å². The van der Waals surface area contributed by atoms with Crippen molar-refractivity contribution in [2.24, 2.45) is 51.2 Å². The molecule has 28 heavy (non-hydrogen) atoms. The smallest absolute Gasteiger partial charge is 0.138 e. The van der Waals surface area contributed by atoms with Gasteiger partial charge in [0.25, 0.3) is 0 Å². The summed E-state index contributed by atoms with van der Waals surface area (Å²) in [7, 11) is 0. The van der Waals surface area contributed by atoms with Crippen molar-refractivity contribution >= 4 is 5.78 Å². The lowest BCUT2D eigenvalue weighted by Crippen LogP contribution is -2.62. The van der Waals surface area contributed by atoms with Crippen LogP contribution in [0.1, 0.15) is 113 Å². The minimum Gasteiger partial charge on any atom is -0.299 e. The van der Waals surface area contributed by atoms with E-state index in [-0.39, 0.29) is 5.41 Å². The van der Waals surface area contributed by atoms with E-state index in [1.807, 2.05) is 0 Å². The highest BCUT2D eigenvalue weighted by molar-refractivity contribution is 5.85. The summed E-state index contributed by atoms with van der Waals surface area (Å²) in [5, 5.41) is 0. The van der Waals surface area contributed by atoms with E-state index in [1.165, 1.54) is 51.4 Å². The second kappa shape index (κ2) is 6.58. The summed E-state index contributed by atoms with van der Waals surface area (Å²) in [6.07, 6.45) is 13.2. The summed E-state index contributed by atoms with van der Waals surface area (Å²) >= 11 is 0. The Bertz CT molecular complexity index is 630. The third kappa shape index (κ3) is 2.73. The fourth-order valence-corrected chi connectivity index (χ4v) is 9.77. The maximum atomic E-state index is 12.8. The minimum absolute atomic E-state index is 0.107. The number of rotatable bonds is 2. The molecule has 0 N–H and O–H groups in total. The van der Waals surface area contributed by atoms with Gasteiger partial charge in [-0.2, -0.15) is 0 Å². The monoisotopic (exact) mass is 386 g/mol. The van der Waals surface area contributed by atoms with E-state index >= 15 is 0 Å². The van der Waals surface area contributed by atoms with Gasteiger partial charge in [-0.1, -0.05) is 54.9 Å². The second-order valence-electron chi connectivity index (χ2n) is 13.1. The van der Waals surface area contributed by atoms with Crippen LogP contribution < -0.4 is 0 Å². The van der Waals surface area contributed by atoms with Gasteiger partial charge in [0.1, 0.15) is 5.78 Å². The molecule has 0 aliphatic heterocycles. The fourth-order valence-electron chi connectivity index (χ4n) is 9.77. The summed E-state index contributed by atoms with van der Waals surface area (Å²) in [5.41, 5.74) is 1.31. The van der Waals surface area contributed by atoms with Gasteiger partial charge < -0.3 is 0 Å². The molecule has 1 nitrogen and oxygen atoms in total. The van der Waals surface area contributed by atoms with Gasteiger partial charge in [-0.05, 0) is 97.2 Å². The summed E-state index contributed by atoms with van der Waals surface area (Å²) in [4.78, 5) is 12.8. The van der Waals surface area contributed by atoms with Crippen LogP contribution in [0.15, 0.2) is 0 Å². The first kappa shape index (κ1) is 20.9. The molecule has 0 bridgehead atoms. The van der Waals surface area contributed by atoms with E-state index < -0.39 is 0 Å². The first-order chi connectivity index (χ1) is 13.0. The maximum absolute atomic E-state index is 12.8. The predicted molar refractivity (Wildman–Crippen MR) is 118 cm³/mol. The summed E-state index contributed by atoms with van der Waals surface area (Å²) in [6.45, 7) is 17.3. The lowest BCUT2D eigenvalue weighted by molar-refractivity contribution is -0.197. The number of carbonyl (C=O) groups is 1. The molecule has 4 aliphatic rings. The SMILES string of the molecule is CCCC1C2CCC3C(C)(CCC4C(C)(C)C(=O)CCC43C)C2CCC1(C)C. The molecule has 4 fully saturated rings. The number of fused-ring (bicyclic) bond motifs is 5. The van der Waals surface area contributed by atoms with Crippen LogP contribution in [0.3, 0.4) is 0 Å². The Balaban J connectivity index is 1.68. The van der Waals surface area contributed by atoms with Gasteiger partial charge in [-0.3, -0.25) is 4.79 Å². The van der Waals surface area contributed by atoms with Gasteiger partial charge in [0.05, 0.1) is 0 Å². The minimum atomic E-state index is -0.107. The van der Waals surface area contributed by atoms with E-state index in [0.29, 0.717) is 27.9 Å². The molecule has 0 aromatic rings. The number of carbonyl (C=O) groups excluding carboxylic acids is 1. The molecule has 0 aromatic heterocycles. The van der Waals surface area contributed by atoms with E-state index in [0.717, 1.165) is 36.5 Å². The van der Waals surface area contributed by atoms with Crippen molar-refractivity contribution in [3.05, 3.63) is 0 Å². The van der Waals surface area contributed by atoms with Crippen molar-refractivity contribution < 1.29 is 4.79 Å². The molecule has 0 spiro atoms. The number of Topliss-reactive ketones (excluding diaryl/α,β-unsaturated/α-hetero) is 1. The average Bonchev–Trinajstić information content (AvgIpc) is 2.60. The summed E-state index contributed by atoms with van der Waals surface area (Å²) in [6, 6.07) is 0. The van der Waals surface area contributed by atoms with Crippen molar-refractivity contribution in [2.75, 3.05) is 0 Å². The quantitative estimate of drug-likeness (QED) is 0.475. The normalized spacial score (nSPS) is 49.7. The van der Waals surface area contributed by atoms with Crippen LogP contribution >= 0.6 is 0 Å². The lowest BCUT2D eigenvalue weighted by Gasteiger charge is -2.68. The molecular formula is C27H46O. The molecule has 7 atom stereocenters. The van der Waals surface area contributed by atoms with Gasteiger partial charge in [-0.15, -0.1) is 0 Å². The molecule has 0 aromatic carbocycles. The first-order valence-corrected chi connectivity index (χ1v) is 12.5. The number of hydrogen-bond donors (Lipinski definition) is 0. The van der Waals surface area contributed by atoms with Crippen molar-refractivity contribution in [3.63, 3.8) is 0 Å². The standard InChI is InChI=1S/C27H46O/c1-8-9-19-18-10-11-22-26(6,20(18)12-15-24(19,2)3)16-13-21-25(4,5)23(28)14-17-27(21,22)7/h18-22H,8-17H2,1-7H3. The number of hydrogen-bond acceptors (Lipinski definition) is 1. The van der Waals surface area contributed by atoms with E-state index in [2.05, 4.69) is 48.5 Å². The van der Waals surface area contributed by atoms with Crippen molar-refractivity contribution in [3.8, 4) is 0 Å². The van der Waals surface area contributed by atoms with Crippen LogP contribution in [0.4, 0.5) is 0 Å². The molecular weight excluding hydrogens is 340 g/mol. The molecule has 4 rings (SSSR count). The predicted octanol–water partition coefficient (Wildman–Crippen LogP) is 7.68. The fraction of sp³-hybridized carbons (Fsp3) is 0.963. The molecule has 1 heteroatoms. The Hall–Kier alpha value is -0.330.